The number of aliphatic hydroxyl groups excluding tert-OH is 6. The fourth-order valence-electron chi connectivity index (χ4n) is 10.0. The van der Waals surface area contributed by atoms with Crippen molar-refractivity contribution in [2.45, 2.75) is 362 Å². The number of carbonyl (C=O) groups is 10. The lowest BCUT2D eigenvalue weighted by Crippen LogP contribution is -2.65. The predicted molar refractivity (Wildman–Crippen MR) is 420 cm³/mol. The fraction of sp³-hybridized carbons (Fsp3) is 0.795. The van der Waals surface area contributed by atoms with Crippen molar-refractivity contribution in [3.8, 4) is 0 Å². The van der Waals surface area contributed by atoms with Gasteiger partial charge in [-0.05, 0) is 214 Å². The molecule has 0 aromatic heterocycles. The Morgan fingerprint density at radius 3 is 0.771 bits per heavy atom. The third-order valence-corrected chi connectivity index (χ3v) is 13.8. The molecule has 15 atom stereocenters. The number of aliphatic hydroxyl groups is 6. The molecule has 0 unspecified atom stereocenters. The first-order valence-corrected chi connectivity index (χ1v) is 37.7. The third kappa shape index (κ3) is 40.4. The lowest BCUT2D eigenvalue weighted by Gasteiger charge is -2.48. The van der Waals surface area contributed by atoms with Crippen LogP contribution >= 0.6 is 0 Å². The van der Waals surface area contributed by atoms with Crippen LogP contribution in [0.15, 0.2) is 25.0 Å². The van der Waals surface area contributed by atoms with Crippen molar-refractivity contribution >= 4 is 90.7 Å². The topological polar surface area (TPSA) is 603 Å². The number of alkyl carbamates (subject to hydrolysis) is 10. The van der Waals surface area contributed by atoms with E-state index in [1.807, 2.05) is 0 Å². The molecule has 0 radical (unpaired) electrons. The molecule has 1 saturated carbocycles. The summed E-state index contributed by atoms with van der Waals surface area (Å²) in [5.41, 5.74) is -12.3. The molecule has 1 aliphatic carbocycles. The Bertz CT molecular complexity index is 3470. The van der Waals surface area contributed by atoms with Gasteiger partial charge in [-0.2, -0.15) is 0 Å². The summed E-state index contributed by atoms with van der Waals surface area (Å²) >= 11 is 0. The van der Waals surface area contributed by atoms with E-state index in [0.29, 0.717) is 0 Å². The molecule has 0 spiro atoms. The monoisotopic (exact) mass is 1690 g/mol. The second kappa shape index (κ2) is 41.1. The van der Waals surface area contributed by atoms with Crippen molar-refractivity contribution in [2.75, 3.05) is 13.2 Å². The van der Waals surface area contributed by atoms with Gasteiger partial charge in [-0.25, -0.2) is 72.9 Å². The van der Waals surface area contributed by atoms with Gasteiger partial charge in [0.05, 0.1) is 25.2 Å². The van der Waals surface area contributed by atoms with Crippen molar-refractivity contribution in [1.29, 1.82) is 0 Å². The van der Waals surface area contributed by atoms with E-state index < -0.39 is 258 Å². The summed E-state index contributed by atoms with van der Waals surface area (Å²) in [5, 5.41) is 97.1. The number of nitrogens with one attached hydrogen (secondary N) is 10. The average Bonchev–Trinajstić information content (AvgIpc) is 0.763. The van der Waals surface area contributed by atoms with Gasteiger partial charge in [0, 0.05) is 0 Å². The van der Waals surface area contributed by atoms with Crippen LogP contribution in [0.2, 0.25) is 0 Å². The number of hydrogen-bond donors (Lipinski definition) is 16. The summed E-state index contributed by atoms with van der Waals surface area (Å²) in [4.78, 5) is 160. The summed E-state index contributed by atoms with van der Waals surface area (Å²) < 4.78 is 80.9. The highest BCUT2D eigenvalue weighted by Gasteiger charge is 2.55. The molecule has 3 fully saturated rings. The van der Waals surface area contributed by atoms with E-state index in [2.05, 4.69) is 73.1 Å². The van der Waals surface area contributed by atoms with Gasteiger partial charge in [0.2, 0.25) is 29.8 Å². The minimum atomic E-state index is -2.60. The Hall–Kier alpha value is -9.35. The summed E-state index contributed by atoms with van der Waals surface area (Å²) in [6.07, 6.45) is -38.7. The summed E-state index contributed by atoms with van der Waals surface area (Å²) in [7, 11) is 0. The van der Waals surface area contributed by atoms with Crippen molar-refractivity contribution in [2.24, 2.45) is 25.0 Å². The van der Waals surface area contributed by atoms with Gasteiger partial charge < -0.3 is 97.0 Å². The molecule has 3 rings (SSSR count). The normalized spacial score (nSPS) is 23.9. The first-order chi connectivity index (χ1) is 53.2. The van der Waals surface area contributed by atoms with Gasteiger partial charge in [-0.1, -0.05) is 0 Å². The molecule has 3 aliphatic rings. The number of ether oxygens (including phenoxy) is 14. The van der Waals surface area contributed by atoms with Crippen LogP contribution in [0.4, 0.5) is 47.9 Å². The van der Waals surface area contributed by atoms with Gasteiger partial charge >= 0.3 is 60.9 Å². The van der Waals surface area contributed by atoms with Crippen molar-refractivity contribution < 1.29 is 145 Å². The highest BCUT2D eigenvalue weighted by Crippen LogP contribution is 2.37. The summed E-state index contributed by atoms with van der Waals surface area (Å²) in [6.45, 7) is 42.7. The number of aliphatic imine (C=N–C) groups is 5. The van der Waals surface area contributed by atoms with Crippen LogP contribution in [0.1, 0.15) is 214 Å². The van der Waals surface area contributed by atoms with Crippen molar-refractivity contribution in [1.82, 2.24) is 53.2 Å². The summed E-state index contributed by atoms with van der Waals surface area (Å²) in [6, 6.07) is -8.38. The van der Waals surface area contributed by atoms with Gasteiger partial charge in [-0.3, -0.25) is 53.2 Å². The molecule has 16 N–H and O–H groups in total. The van der Waals surface area contributed by atoms with E-state index in [1.165, 1.54) is 208 Å². The van der Waals surface area contributed by atoms with Gasteiger partial charge in [-0.15, -0.1) is 0 Å². The van der Waals surface area contributed by atoms with Crippen LogP contribution < -0.4 is 53.2 Å². The zero-order valence-corrected chi connectivity index (χ0v) is 73.0. The number of carbonyl (C=O) groups excluding carboxylic acids is 10. The van der Waals surface area contributed by atoms with Crippen LogP contribution in [0, 0.1) is 0 Å². The standard InChI is InChI=1S/C73H127N15O30/c1-64(2,3)109-54(95)79-49(80-55(96)110-65(4,5)6)74-32-36-41(91)42(92)39(78-53(87-62(103)117-72(25,26)27)88-63(104)118-73(28,29)30)47(105-36)107-45-34(75-50(81-56(97)111-66(7,8)9)82-57(98)112-67(10,11)12)31-35(76-51(83-58(99)113-68(13,14)15)84-59(100)114-69(16,17)18)46(44(45)94)108-48-43(93)38(40(90)37(33-89)106-48)77-52(85-60(101)115-70(19,20)21)86-61(102)116-71(22,23)24/h34-48,89-94H,31-33H2,1-30H3,(H2,74,79,80,95,96)(H2,75,81,82,97,98)(H2,76,83,84,99,100)(H2,77,85,86,101,102)(H2,78,87,88,103,104)/t34-,35+,36+,37+,38-,39+,40+,41+,42+,43+,44-,45+,46-,47+,48+/m0/s1. The number of amides is 10. The number of nitrogens with zero attached hydrogens (tertiary/aromatic N) is 5. The molecule has 10 amide bonds. The molecule has 674 valence electrons. The summed E-state index contributed by atoms with van der Waals surface area (Å²) in [5.74, 6) is -4.23. The van der Waals surface area contributed by atoms with Gasteiger partial charge in [0.1, 0.15) is 123 Å². The first-order valence-electron chi connectivity index (χ1n) is 37.7. The zero-order chi connectivity index (χ0) is 90.9. The van der Waals surface area contributed by atoms with Crippen molar-refractivity contribution in [3.63, 3.8) is 0 Å². The smallest absolute Gasteiger partial charge is 0.414 e. The number of rotatable bonds is 11. The minimum Gasteiger partial charge on any atom is -0.444 e. The molecule has 0 bridgehead atoms. The third-order valence-electron chi connectivity index (χ3n) is 13.8. The molecule has 0 aromatic carbocycles. The van der Waals surface area contributed by atoms with Crippen LogP contribution in [0.5, 0.6) is 0 Å². The Morgan fingerprint density at radius 2 is 0.517 bits per heavy atom. The van der Waals surface area contributed by atoms with Gasteiger partial charge in [0.25, 0.3) is 0 Å². The number of guanidine groups is 5. The van der Waals surface area contributed by atoms with E-state index in [-0.39, 0.29) is 0 Å². The van der Waals surface area contributed by atoms with E-state index in [0.717, 1.165) is 0 Å². The second-order valence-corrected chi connectivity index (χ2v) is 37.1. The maximum Gasteiger partial charge on any atom is 0.414 e. The molecule has 118 heavy (non-hydrogen) atoms. The average molecular weight is 1690 g/mol. The molecular formula is C73H127N15O30. The highest BCUT2D eigenvalue weighted by atomic mass is 16.7. The van der Waals surface area contributed by atoms with E-state index in [4.69, 9.17) is 71.3 Å². The van der Waals surface area contributed by atoms with Crippen LogP contribution in [0.3, 0.4) is 0 Å². The SMILES string of the molecule is CC(C)(C)OC(=O)NC(=NC[C@H]1O[C@H](O[C@H]2[C@H](O)[C@@H](O[C@H]3O[C@H](CO)[C@@H](O)[C@H](N=C(NC(=O)OC(C)(C)C)NC(=O)OC(C)(C)C)[C@H]3O)[C@H](N=C(NC(=O)OC(C)(C)C)NC(=O)OC(C)(C)C)C[C@@H]2N=C(NC(=O)OC(C)(C)C)NC(=O)OC(C)(C)C)[C@H](N=C(NC(=O)OC(C)(C)C)NC(=O)OC(C)(C)C)[C@@H](O)[C@@H]1O)NC(=O)OC(C)(C)C. The lowest BCUT2D eigenvalue weighted by atomic mass is 9.83. The number of hydrogen-bond acceptors (Lipinski definition) is 35. The molecular weight excluding hydrogens is 1570 g/mol. The van der Waals surface area contributed by atoms with Crippen molar-refractivity contribution in [3.05, 3.63) is 0 Å². The molecule has 0 aromatic rings. The van der Waals surface area contributed by atoms with E-state index in [1.54, 1.807) is 0 Å². The maximum atomic E-state index is 14.0. The Balaban J connectivity index is 2.86. The fourth-order valence-corrected chi connectivity index (χ4v) is 10.0. The molecule has 2 aliphatic heterocycles. The Kier molecular flexibility index (Phi) is 35.8. The predicted octanol–water partition coefficient (Wildman–Crippen LogP) is 4.91. The Morgan fingerprint density at radius 1 is 0.288 bits per heavy atom. The highest BCUT2D eigenvalue weighted by molar-refractivity contribution is 6.04. The largest absolute Gasteiger partial charge is 0.444 e. The first kappa shape index (κ1) is 103. The Labute approximate surface area is 686 Å². The van der Waals surface area contributed by atoms with Crippen LogP contribution in [0.25, 0.3) is 0 Å². The van der Waals surface area contributed by atoms with Crippen LogP contribution in [-0.2, 0) is 66.3 Å². The molecule has 2 heterocycles. The second-order valence-electron chi connectivity index (χ2n) is 37.1. The minimum absolute atomic E-state index is 0.712. The molecule has 45 heteroatoms. The van der Waals surface area contributed by atoms with Gasteiger partial charge in [0.15, 0.2) is 12.6 Å². The van der Waals surface area contributed by atoms with E-state index in [9.17, 15) is 78.6 Å². The molecule has 45 nitrogen and oxygen atoms in total. The quantitative estimate of drug-likeness (QED) is 0.0742. The van der Waals surface area contributed by atoms with E-state index >= 15 is 0 Å². The molecule has 2 saturated heterocycles. The lowest BCUT2D eigenvalue weighted by molar-refractivity contribution is -0.318. The zero-order valence-electron chi connectivity index (χ0n) is 73.0. The maximum absolute atomic E-state index is 14.0. The van der Waals surface area contributed by atoms with Crippen LogP contribution in [-0.4, -0.2) is 282 Å².